The van der Waals surface area contributed by atoms with Crippen molar-refractivity contribution >= 4 is 0 Å². The molecule has 92 valence electrons. The molecule has 1 aromatic carbocycles. The molecule has 0 aliphatic carbocycles. The second-order valence-corrected chi connectivity index (χ2v) is 3.78. The van der Waals surface area contributed by atoms with Gasteiger partial charge in [0.25, 0.3) is 0 Å². The van der Waals surface area contributed by atoms with Crippen LogP contribution >= 0.6 is 0 Å². The average molecular weight is 245 g/mol. The van der Waals surface area contributed by atoms with E-state index in [1.54, 1.807) is 19.1 Å². The number of aromatic nitrogens is 2. The third-order valence-corrected chi connectivity index (χ3v) is 2.39. The highest BCUT2D eigenvalue weighted by atomic mass is 19.1. The monoisotopic (exact) mass is 245 g/mol. The van der Waals surface area contributed by atoms with E-state index in [2.05, 4.69) is 21.4 Å². The maximum atomic E-state index is 13.1. The third kappa shape index (κ3) is 2.73. The minimum atomic E-state index is -0.252. The Morgan fingerprint density at radius 2 is 2.33 bits per heavy atom. The number of rotatable bonds is 4. The maximum absolute atomic E-state index is 13.1. The summed E-state index contributed by atoms with van der Waals surface area (Å²) in [7, 11) is 0. The van der Waals surface area contributed by atoms with E-state index in [1.807, 2.05) is 0 Å². The summed E-state index contributed by atoms with van der Waals surface area (Å²) in [6.45, 7) is 2.54. The fraction of sp³-hybridized carbons (Fsp3) is 0.231. The largest absolute Gasteiger partial charge is 0.338 e. The van der Waals surface area contributed by atoms with Crippen molar-refractivity contribution in [2.75, 3.05) is 6.54 Å². The SMILES string of the molecule is C#CCNCc1nc(-c2ccc(F)c(C)c2)no1. The first-order valence-electron chi connectivity index (χ1n) is 5.44. The molecule has 0 amide bonds. The van der Waals surface area contributed by atoms with Crippen molar-refractivity contribution in [1.29, 1.82) is 0 Å². The van der Waals surface area contributed by atoms with Gasteiger partial charge in [0.2, 0.25) is 11.7 Å². The number of nitrogens with zero attached hydrogens (tertiary/aromatic N) is 2. The summed E-state index contributed by atoms with van der Waals surface area (Å²) in [5.41, 5.74) is 1.27. The third-order valence-electron chi connectivity index (χ3n) is 2.39. The summed E-state index contributed by atoms with van der Waals surface area (Å²) in [6, 6.07) is 4.68. The molecule has 0 atom stereocenters. The number of hydrogen-bond acceptors (Lipinski definition) is 4. The van der Waals surface area contributed by atoms with E-state index in [-0.39, 0.29) is 5.82 Å². The quantitative estimate of drug-likeness (QED) is 0.660. The Bertz CT molecular complexity index is 586. The zero-order valence-electron chi connectivity index (χ0n) is 9.90. The molecule has 0 fully saturated rings. The average Bonchev–Trinajstić information content (AvgIpc) is 2.82. The molecule has 0 radical (unpaired) electrons. The predicted octanol–water partition coefficient (Wildman–Crippen LogP) is 1.91. The molecule has 1 heterocycles. The van der Waals surface area contributed by atoms with Crippen LogP contribution in [0.4, 0.5) is 4.39 Å². The van der Waals surface area contributed by atoms with Gasteiger partial charge in [-0.15, -0.1) is 6.42 Å². The Kier molecular flexibility index (Phi) is 3.70. The van der Waals surface area contributed by atoms with Gasteiger partial charge in [0.05, 0.1) is 13.1 Å². The molecule has 2 rings (SSSR count). The lowest BCUT2D eigenvalue weighted by Gasteiger charge is -1.98. The number of halogens is 1. The molecular weight excluding hydrogens is 233 g/mol. The summed E-state index contributed by atoms with van der Waals surface area (Å²) in [5.74, 6) is 3.08. The Morgan fingerprint density at radius 1 is 1.50 bits per heavy atom. The highest BCUT2D eigenvalue weighted by Crippen LogP contribution is 2.18. The molecule has 1 N–H and O–H groups in total. The van der Waals surface area contributed by atoms with E-state index in [1.165, 1.54) is 6.07 Å². The first-order valence-corrected chi connectivity index (χ1v) is 5.44. The normalized spacial score (nSPS) is 10.3. The van der Waals surface area contributed by atoms with E-state index in [9.17, 15) is 4.39 Å². The van der Waals surface area contributed by atoms with Crippen LogP contribution in [-0.2, 0) is 6.54 Å². The minimum absolute atomic E-state index is 0.252. The topological polar surface area (TPSA) is 51.0 Å². The van der Waals surface area contributed by atoms with Crippen LogP contribution in [0.5, 0.6) is 0 Å². The molecule has 1 aromatic heterocycles. The molecule has 0 aliphatic heterocycles. The first kappa shape index (κ1) is 12.3. The molecule has 18 heavy (non-hydrogen) atoms. The highest BCUT2D eigenvalue weighted by molar-refractivity contribution is 5.55. The lowest BCUT2D eigenvalue weighted by Crippen LogP contribution is -2.13. The van der Waals surface area contributed by atoms with Crippen molar-refractivity contribution in [2.45, 2.75) is 13.5 Å². The van der Waals surface area contributed by atoms with Crippen molar-refractivity contribution in [3.8, 4) is 23.7 Å². The zero-order chi connectivity index (χ0) is 13.0. The van der Waals surface area contributed by atoms with Gasteiger partial charge in [-0.25, -0.2) is 4.39 Å². The summed E-state index contributed by atoms with van der Waals surface area (Å²) < 4.78 is 18.2. The molecule has 0 unspecified atom stereocenters. The molecule has 0 bridgehead atoms. The predicted molar refractivity (Wildman–Crippen MR) is 65.0 cm³/mol. The smallest absolute Gasteiger partial charge is 0.240 e. The van der Waals surface area contributed by atoms with Gasteiger partial charge in [-0.05, 0) is 30.7 Å². The van der Waals surface area contributed by atoms with Crippen molar-refractivity contribution in [3.05, 3.63) is 35.5 Å². The zero-order valence-corrected chi connectivity index (χ0v) is 9.90. The number of terminal acetylenes is 1. The second kappa shape index (κ2) is 5.43. The fourth-order valence-electron chi connectivity index (χ4n) is 1.47. The number of benzene rings is 1. The summed E-state index contributed by atoms with van der Waals surface area (Å²) >= 11 is 0. The van der Waals surface area contributed by atoms with E-state index in [0.717, 1.165) is 5.56 Å². The summed E-state index contributed by atoms with van der Waals surface area (Å²) in [6.07, 6.45) is 5.11. The van der Waals surface area contributed by atoms with Gasteiger partial charge >= 0.3 is 0 Å². The van der Waals surface area contributed by atoms with Crippen LogP contribution in [0, 0.1) is 25.1 Å². The molecule has 2 aromatic rings. The van der Waals surface area contributed by atoms with Gasteiger partial charge in [-0.1, -0.05) is 11.1 Å². The molecule has 0 saturated heterocycles. The van der Waals surface area contributed by atoms with E-state index < -0.39 is 0 Å². The van der Waals surface area contributed by atoms with E-state index in [0.29, 0.717) is 30.4 Å². The second-order valence-electron chi connectivity index (χ2n) is 3.78. The summed E-state index contributed by atoms with van der Waals surface area (Å²) in [5, 5.41) is 6.78. The van der Waals surface area contributed by atoms with Gasteiger partial charge in [-0.3, -0.25) is 5.32 Å². The van der Waals surface area contributed by atoms with Crippen LogP contribution < -0.4 is 5.32 Å². The minimum Gasteiger partial charge on any atom is -0.338 e. The van der Waals surface area contributed by atoms with Crippen LogP contribution in [0.25, 0.3) is 11.4 Å². The van der Waals surface area contributed by atoms with Crippen LogP contribution in [0.1, 0.15) is 11.5 Å². The van der Waals surface area contributed by atoms with Gasteiger partial charge in [0, 0.05) is 5.56 Å². The van der Waals surface area contributed by atoms with Gasteiger partial charge < -0.3 is 4.52 Å². The highest BCUT2D eigenvalue weighted by Gasteiger charge is 2.09. The Balaban J connectivity index is 2.14. The molecule has 0 saturated carbocycles. The van der Waals surface area contributed by atoms with Crippen molar-refractivity contribution in [3.63, 3.8) is 0 Å². The molecule has 5 heteroatoms. The first-order chi connectivity index (χ1) is 8.70. The Labute approximate surface area is 104 Å². The van der Waals surface area contributed by atoms with E-state index in [4.69, 9.17) is 10.9 Å². The van der Waals surface area contributed by atoms with Gasteiger partial charge in [-0.2, -0.15) is 4.98 Å². The standard InChI is InChI=1S/C13H12FN3O/c1-3-6-15-8-12-16-13(17-18-12)10-4-5-11(14)9(2)7-10/h1,4-5,7,15H,6,8H2,2H3. The van der Waals surface area contributed by atoms with E-state index >= 15 is 0 Å². The van der Waals surface area contributed by atoms with Crippen LogP contribution in [-0.4, -0.2) is 16.7 Å². The van der Waals surface area contributed by atoms with Gasteiger partial charge in [0.15, 0.2) is 0 Å². The Hall–Kier alpha value is -2.19. The van der Waals surface area contributed by atoms with Crippen molar-refractivity contribution in [2.24, 2.45) is 0 Å². The lowest BCUT2D eigenvalue weighted by atomic mass is 10.1. The maximum Gasteiger partial charge on any atom is 0.240 e. The number of nitrogens with one attached hydrogen (secondary N) is 1. The molecule has 4 nitrogen and oxygen atoms in total. The van der Waals surface area contributed by atoms with Crippen molar-refractivity contribution in [1.82, 2.24) is 15.5 Å². The fourth-order valence-corrected chi connectivity index (χ4v) is 1.47. The molecular formula is C13H12FN3O. The summed E-state index contributed by atoms with van der Waals surface area (Å²) in [4.78, 5) is 4.19. The Morgan fingerprint density at radius 3 is 3.06 bits per heavy atom. The van der Waals surface area contributed by atoms with Crippen LogP contribution in [0.3, 0.4) is 0 Å². The van der Waals surface area contributed by atoms with Crippen LogP contribution in [0.15, 0.2) is 22.7 Å². The van der Waals surface area contributed by atoms with Crippen molar-refractivity contribution < 1.29 is 8.91 Å². The molecule has 0 spiro atoms. The lowest BCUT2D eigenvalue weighted by molar-refractivity contribution is 0.370. The van der Waals surface area contributed by atoms with Crippen LogP contribution in [0.2, 0.25) is 0 Å². The number of aryl methyl sites for hydroxylation is 1. The van der Waals surface area contributed by atoms with Gasteiger partial charge in [0.1, 0.15) is 5.82 Å². The molecule has 0 aliphatic rings. The number of hydrogen-bond donors (Lipinski definition) is 1.